The molecule has 104 valence electrons. The molecule has 0 heterocycles. The van der Waals surface area contributed by atoms with Gasteiger partial charge in [0.2, 0.25) is 0 Å². The number of phenolic OH excluding ortho intramolecular Hbond substituents is 1. The van der Waals surface area contributed by atoms with Gasteiger partial charge in [0, 0.05) is 5.56 Å². The van der Waals surface area contributed by atoms with Crippen molar-refractivity contribution in [3.63, 3.8) is 0 Å². The number of aryl methyl sites for hydroxylation is 1. The number of carboxylic acid groups (broad SMARTS) is 1. The van der Waals surface area contributed by atoms with Crippen LogP contribution in [0, 0.1) is 12.7 Å². The summed E-state index contributed by atoms with van der Waals surface area (Å²) in [6, 6.07) is 1.42. The van der Waals surface area contributed by atoms with Crippen LogP contribution in [0.5, 0.6) is 11.5 Å². The van der Waals surface area contributed by atoms with Crippen molar-refractivity contribution in [3.05, 3.63) is 23.0 Å². The number of aromatic hydroxyl groups is 1. The van der Waals surface area contributed by atoms with Crippen LogP contribution in [0.25, 0.3) is 0 Å². The zero-order valence-electron chi connectivity index (χ0n) is 11.0. The highest BCUT2D eigenvalue weighted by molar-refractivity contribution is 5.82. The van der Waals surface area contributed by atoms with Gasteiger partial charge in [0.25, 0.3) is 0 Å². The molecular weight excluding hydrogens is 251 g/mol. The van der Waals surface area contributed by atoms with Crippen LogP contribution in [0.3, 0.4) is 0 Å². The highest BCUT2D eigenvalue weighted by Gasteiger charge is 2.45. The summed E-state index contributed by atoms with van der Waals surface area (Å²) in [4.78, 5) is 11.6. The molecule has 1 aliphatic rings. The van der Waals surface area contributed by atoms with E-state index in [1.807, 2.05) is 0 Å². The first-order chi connectivity index (χ1) is 8.94. The Morgan fingerprint density at radius 3 is 2.47 bits per heavy atom. The Hall–Kier alpha value is -1.78. The second-order valence-corrected chi connectivity index (χ2v) is 5.03. The average Bonchev–Trinajstić information content (AvgIpc) is 2.85. The standard InChI is InChI=1S/C14H17FO4/c1-8-7-9(10(15)12(19-2)11(8)16)14(13(17)18)5-3-4-6-14/h7,16H,3-6H2,1-2H3,(H,17,18). The molecule has 1 fully saturated rings. The minimum atomic E-state index is -1.20. The Labute approximate surface area is 110 Å². The quantitative estimate of drug-likeness (QED) is 0.884. The molecule has 1 saturated carbocycles. The lowest BCUT2D eigenvalue weighted by Gasteiger charge is -2.26. The summed E-state index contributed by atoms with van der Waals surface area (Å²) in [5, 5.41) is 19.3. The van der Waals surface area contributed by atoms with Crippen LogP contribution >= 0.6 is 0 Å². The molecule has 0 amide bonds. The van der Waals surface area contributed by atoms with Crippen molar-refractivity contribution < 1.29 is 24.1 Å². The van der Waals surface area contributed by atoms with Gasteiger partial charge >= 0.3 is 5.97 Å². The van der Waals surface area contributed by atoms with Gasteiger partial charge in [-0.1, -0.05) is 12.8 Å². The van der Waals surface area contributed by atoms with E-state index in [4.69, 9.17) is 4.74 Å². The number of carbonyl (C=O) groups is 1. The van der Waals surface area contributed by atoms with Crippen LogP contribution < -0.4 is 4.74 Å². The summed E-state index contributed by atoms with van der Waals surface area (Å²) in [7, 11) is 1.25. The third kappa shape index (κ3) is 1.93. The third-order valence-electron chi connectivity index (χ3n) is 3.97. The number of aliphatic carboxylic acids is 1. The maximum absolute atomic E-state index is 14.4. The number of rotatable bonds is 3. The van der Waals surface area contributed by atoms with Crippen LogP contribution in [0.1, 0.15) is 36.8 Å². The molecule has 0 aromatic heterocycles. The van der Waals surface area contributed by atoms with E-state index < -0.39 is 17.2 Å². The predicted molar refractivity (Wildman–Crippen MR) is 67.1 cm³/mol. The number of methoxy groups -OCH3 is 1. The average molecular weight is 268 g/mol. The lowest BCUT2D eigenvalue weighted by molar-refractivity contribution is -0.143. The van der Waals surface area contributed by atoms with E-state index in [9.17, 15) is 19.4 Å². The lowest BCUT2D eigenvalue weighted by Crippen LogP contribution is -2.33. The molecule has 5 heteroatoms. The second-order valence-electron chi connectivity index (χ2n) is 5.03. The van der Waals surface area contributed by atoms with E-state index in [1.165, 1.54) is 13.2 Å². The largest absolute Gasteiger partial charge is 0.504 e. The lowest BCUT2D eigenvalue weighted by atomic mass is 9.78. The van der Waals surface area contributed by atoms with Crippen molar-refractivity contribution >= 4 is 5.97 Å². The Bertz CT molecular complexity index is 519. The van der Waals surface area contributed by atoms with Gasteiger partial charge in [-0.25, -0.2) is 4.39 Å². The fraction of sp³-hybridized carbons (Fsp3) is 0.500. The van der Waals surface area contributed by atoms with E-state index in [-0.39, 0.29) is 17.1 Å². The zero-order chi connectivity index (χ0) is 14.2. The van der Waals surface area contributed by atoms with Gasteiger partial charge < -0.3 is 14.9 Å². The molecule has 0 bridgehead atoms. The molecule has 19 heavy (non-hydrogen) atoms. The third-order valence-corrected chi connectivity index (χ3v) is 3.97. The van der Waals surface area contributed by atoms with Crippen LogP contribution in [-0.2, 0) is 10.2 Å². The van der Waals surface area contributed by atoms with Crippen LogP contribution in [0.15, 0.2) is 6.07 Å². The molecule has 2 N–H and O–H groups in total. The SMILES string of the molecule is COc1c(O)c(C)cc(C2(C(=O)O)CCCC2)c1F. The normalized spacial score (nSPS) is 17.4. The Morgan fingerprint density at radius 1 is 1.42 bits per heavy atom. The summed E-state index contributed by atoms with van der Waals surface area (Å²) in [5.74, 6) is -2.34. The van der Waals surface area contributed by atoms with Gasteiger partial charge in [-0.3, -0.25) is 4.79 Å². The first kappa shape index (κ1) is 13.6. The van der Waals surface area contributed by atoms with Crippen LogP contribution in [-0.4, -0.2) is 23.3 Å². The molecule has 0 atom stereocenters. The summed E-state index contributed by atoms with van der Waals surface area (Å²) >= 11 is 0. The smallest absolute Gasteiger partial charge is 0.314 e. The number of hydrogen-bond donors (Lipinski definition) is 2. The number of ether oxygens (including phenoxy) is 1. The van der Waals surface area contributed by atoms with Gasteiger partial charge in [0.05, 0.1) is 12.5 Å². The van der Waals surface area contributed by atoms with Crippen molar-refractivity contribution in [2.24, 2.45) is 0 Å². The molecular formula is C14H17FO4. The molecule has 1 aliphatic carbocycles. The minimum Gasteiger partial charge on any atom is -0.504 e. The first-order valence-electron chi connectivity index (χ1n) is 6.24. The molecule has 0 unspecified atom stereocenters. The van der Waals surface area contributed by atoms with E-state index in [2.05, 4.69) is 0 Å². The monoisotopic (exact) mass is 268 g/mol. The summed E-state index contributed by atoms with van der Waals surface area (Å²) < 4.78 is 19.3. The van der Waals surface area contributed by atoms with Crippen molar-refractivity contribution in [2.75, 3.05) is 7.11 Å². The number of halogens is 1. The molecule has 0 aliphatic heterocycles. The summed E-state index contributed by atoms with van der Waals surface area (Å²) in [6.07, 6.45) is 2.33. The molecule has 0 radical (unpaired) electrons. The van der Waals surface area contributed by atoms with E-state index >= 15 is 0 Å². The maximum Gasteiger partial charge on any atom is 0.314 e. The van der Waals surface area contributed by atoms with E-state index in [0.717, 1.165) is 12.8 Å². The van der Waals surface area contributed by atoms with Gasteiger partial charge in [0.1, 0.15) is 0 Å². The van der Waals surface area contributed by atoms with Crippen molar-refractivity contribution in [2.45, 2.75) is 38.0 Å². The molecule has 1 aromatic carbocycles. The highest BCUT2D eigenvalue weighted by Crippen LogP contribution is 2.46. The highest BCUT2D eigenvalue weighted by atomic mass is 19.1. The zero-order valence-corrected chi connectivity index (χ0v) is 11.0. The maximum atomic E-state index is 14.4. The van der Waals surface area contributed by atoms with Crippen LogP contribution in [0.4, 0.5) is 4.39 Å². The molecule has 2 rings (SSSR count). The predicted octanol–water partition coefficient (Wildman–Crippen LogP) is 2.74. The minimum absolute atomic E-state index is 0.115. The summed E-state index contributed by atoms with van der Waals surface area (Å²) in [5.41, 5.74) is -0.666. The van der Waals surface area contributed by atoms with E-state index in [0.29, 0.717) is 18.4 Å². The molecule has 0 saturated heterocycles. The molecule has 4 nitrogen and oxygen atoms in total. The van der Waals surface area contributed by atoms with Gasteiger partial charge in [-0.15, -0.1) is 0 Å². The number of benzene rings is 1. The molecule has 1 aromatic rings. The van der Waals surface area contributed by atoms with Gasteiger partial charge in [0.15, 0.2) is 17.3 Å². The van der Waals surface area contributed by atoms with E-state index in [1.54, 1.807) is 6.92 Å². The van der Waals surface area contributed by atoms with Crippen molar-refractivity contribution in [3.8, 4) is 11.5 Å². The fourth-order valence-corrected chi connectivity index (χ4v) is 2.87. The number of carboxylic acids is 1. The van der Waals surface area contributed by atoms with Crippen LogP contribution in [0.2, 0.25) is 0 Å². The Kier molecular flexibility index (Phi) is 3.39. The van der Waals surface area contributed by atoms with Crippen molar-refractivity contribution in [1.29, 1.82) is 0 Å². The Balaban J connectivity index is 2.68. The van der Waals surface area contributed by atoms with Gasteiger partial charge in [-0.2, -0.15) is 0 Å². The first-order valence-corrected chi connectivity index (χ1v) is 6.24. The van der Waals surface area contributed by atoms with Crippen molar-refractivity contribution in [1.82, 2.24) is 0 Å². The number of hydrogen-bond acceptors (Lipinski definition) is 3. The number of phenols is 1. The fourth-order valence-electron chi connectivity index (χ4n) is 2.87. The second kappa shape index (κ2) is 4.72. The van der Waals surface area contributed by atoms with Gasteiger partial charge in [-0.05, 0) is 31.4 Å². The molecule has 0 spiro atoms. The summed E-state index contributed by atoms with van der Waals surface area (Å²) in [6.45, 7) is 1.60. The Morgan fingerprint density at radius 2 is 2.00 bits per heavy atom. The topological polar surface area (TPSA) is 66.8 Å².